The molecular weight excluding hydrogens is 264 g/mol. The van der Waals surface area contributed by atoms with Crippen LogP contribution in [0.5, 0.6) is 0 Å². The van der Waals surface area contributed by atoms with Crippen molar-refractivity contribution in [3.05, 3.63) is 0 Å². The highest BCUT2D eigenvalue weighted by Crippen LogP contribution is 2.53. The normalized spacial score (nSPS) is 48.9. The highest BCUT2D eigenvalue weighted by atomic mass is 32.2. The smallest absolute Gasteiger partial charge is 0.308 e. The first-order chi connectivity index (χ1) is 8.78. The van der Waals surface area contributed by atoms with Gasteiger partial charge in [-0.2, -0.15) is 23.5 Å². The summed E-state index contributed by atoms with van der Waals surface area (Å²) < 4.78 is 5.60. The second-order valence-corrected chi connectivity index (χ2v) is 9.39. The SMILES string of the molecule is O=C(OCC1CC2CC(C1)S2)C1CCC2SC2C1. The largest absolute Gasteiger partial charge is 0.465 e. The summed E-state index contributed by atoms with van der Waals surface area (Å²) in [6, 6.07) is 0. The average Bonchev–Trinajstić information content (AvgIpc) is 3.13. The van der Waals surface area contributed by atoms with Gasteiger partial charge in [-0.05, 0) is 44.4 Å². The van der Waals surface area contributed by atoms with Gasteiger partial charge in [0, 0.05) is 21.0 Å². The van der Waals surface area contributed by atoms with Gasteiger partial charge in [-0.3, -0.25) is 4.79 Å². The van der Waals surface area contributed by atoms with E-state index in [1.54, 1.807) is 0 Å². The maximum Gasteiger partial charge on any atom is 0.308 e. The van der Waals surface area contributed by atoms with E-state index in [0.717, 1.165) is 33.8 Å². The monoisotopic (exact) mass is 284 g/mol. The fraction of sp³-hybridized carbons (Fsp3) is 0.929. The van der Waals surface area contributed by atoms with Crippen LogP contribution in [-0.4, -0.2) is 33.6 Å². The summed E-state index contributed by atoms with van der Waals surface area (Å²) in [6.07, 6.45) is 7.36. The van der Waals surface area contributed by atoms with Crippen molar-refractivity contribution in [3.8, 4) is 0 Å². The minimum atomic E-state index is 0.104. The molecule has 3 heterocycles. The third kappa shape index (κ3) is 2.31. The van der Waals surface area contributed by atoms with Gasteiger partial charge in [-0.15, -0.1) is 0 Å². The fourth-order valence-electron chi connectivity index (χ4n) is 3.77. The lowest BCUT2D eigenvalue weighted by Crippen LogP contribution is -2.39. The molecule has 5 aliphatic rings. The van der Waals surface area contributed by atoms with Crippen LogP contribution in [0.4, 0.5) is 0 Å². The van der Waals surface area contributed by atoms with E-state index in [-0.39, 0.29) is 11.9 Å². The second kappa shape index (κ2) is 4.62. The summed E-state index contributed by atoms with van der Waals surface area (Å²) in [5, 5.41) is 3.43. The minimum absolute atomic E-state index is 0.104. The van der Waals surface area contributed by atoms with Crippen LogP contribution >= 0.6 is 23.5 Å². The third-order valence-corrected chi connectivity index (χ3v) is 7.91. The van der Waals surface area contributed by atoms with E-state index in [4.69, 9.17) is 4.74 Å². The van der Waals surface area contributed by atoms with Crippen LogP contribution < -0.4 is 0 Å². The highest BCUT2D eigenvalue weighted by molar-refractivity contribution is 8.07. The summed E-state index contributed by atoms with van der Waals surface area (Å²) in [4.78, 5) is 12.1. The molecule has 2 saturated carbocycles. The molecule has 4 heteroatoms. The van der Waals surface area contributed by atoms with Gasteiger partial charge in [0.05, 0.1) is 12.5 Å². The summed E-state index contributed by atoms with van der Waals surface area (Å²) in [6.45, 7) is 0.699. The Kier molecular flexibility index (Phi) is 3.07. The molecule has 0 N–H and O–H groups in total. The van der Waals surface area contributed by atoms with Crippen molar-refractivity contribution in [3.63, 3.8) is 0 Å². The summed E-state index contributed by atoms with van der Waals surface area (Å²) >= 11 is 4.21. The molecule has 18 heavy (non-hydrogen) atoms. The van der Waals surface area contributed by atoms with Crippen LogP contribution in [0.25, 0.3) is 0 Å². The van der Waals surface area contributed by atoms with E-state index < -0.39 is 0 Å². The molecule has 0 amide bonds. The van der Waals surface area contributed by atoms with Crippen LogP contribution in [0.3, 0.4) is 0 Å². The van der Waals surface area contributed by atoms with Crippen LogP contribution in [-0.2, 0) is 9.53 Å². The quantitative estimate of drug-likeness (QED) is 0.587. The Bertz CT molecular complexity index is 344. The molecule has 5 rings (SSSR count). The van der Waals surface area contributed by atoms with Crippen LogP contribution in [0.15, 0.2) is 0 Å². The van der Waals surface area contributed by atoms with Crippen molar-refractivity contribution >= 4 is 29.5 Å². The topological polar surface area (TPSA) is 26.3 Å². The number of fused-ring (bicyclic) bond motifs is 3. The van der Waals surface area contributed by atoms with E-state index in [0.29, 0.717) is 12.5 Å². The first-order valence-electron chi connectivity index (χ1n) is 7.25. The fourth-order valence-corrected chi connectivity index (χ4v) is 6.63. The minimum Gasteiger partial charge on any atom is -0.465 e. The molecular formula is C14H20O2S2. The first kappa shape index (κ1) is 12.0. The third-order valence-electron chi connectivity index (χ3n) is 4.90. The highest BCUT2D eigenvalue weighted by Gasteiger charge is 2.45. The Morgan fingerprint density at radius 3 is 2.50 bits per heavy atom. The van der Waals surface area contributed by atoms with E-state index in [9.17, 15) is 4.79 Å². The predicted molar refractivity (Wildman–Crippen MR) is 76.0 cm³/mol. The molecule has 2 bridgehead atoms. The number of ether oxygens (including phenoxy) is 1. The molecule has 0 aromatic heterocycles. The average molecular weight is 284 g/mol. The van der Waals surface area contributed by atoms with Gasteiger partial charge in [0.1, 0.15) is 0 Å². The molecule has 2 nitrogen and oxygen atoms in total. The molecule has 3 aliphatic heterocycles. The van der Waals surface area contributed by atoms with Crippen molar-refractivity contribution in [2.45, 2.75) is 59.5 Å². The van der Waals surface area contributed by atoms with Crippen molar-refractivity contribution in [2.75, 3.05) is 6.61 Å². The standard InChI is InChI=1S/C14H20O2S2/c15-14(9-1-2-12-13(5-9)18-12)16-7-8-3-10-6-11(4-8)17-10/h8-13H,1-7H2. The van der Waals surface area contributed by atoms with Gasteiger partial charge in [-0.1, -0.05) is 0 Å². The summed E-state index contributed by atoms with van der Waals surface area (Å²) in [5.74, 6) is 0.979. The first-order valence-corrected chi connectivity index (χ1v) is 9.14. The van der Waals surface area contributed by atoms with Gasteiger partial charge < -0.3 is 4.74 Å². The van der Waals surface area contributed by atoms with Gasteiger partial charge >= 0.3 is 5.97 Å². The molecule has 3 saturated heterocycles. The van der Waals surface area contributed by atoms with E-state index in [1.807, 2.05) is 0 Å². The molecule has 0 spiro atoms. The van der Waals surface area contributed by atoms with Crippen LogP contribution in [0.1, 0.15) is 38.5 Å². The molecule has 0 radical (unpaired) electrons. The number of carbonyl (C=O) groups is 1. The molecule has 100 valence electrons. The van der Waals surface area contributed by atoms with Gasteiger partial charge in [0.25, 0.3) is 0 Å². The Hall–Kier alpha value is 0.170. The summed E-state index contributed by atoms with van der Waals surface area (Å²) in [7, 11) is 0. The molecule has 5 fully saturated rings. The zero-order valence-electron chi connectivity index (χ0n) is 10.5. The van der Waals surface area contributed by atoms with Crippen molar-refractivity contribution < 1.29 is 9.53 Å². The summed E-state index contributed by atoms with van der Waals surface area (Å²) in [5.41, 5.74) is 0. The number of hydrogen-bond acceptors (Lipinski definition) is 4. The van der Waals surface area contributed by atoms with E-state index >= 15 is 0 Å². The molecule has 0 aromatic carbocycles. The van der Waals surface area contributed by atoms with Gasteiger partial charge in [0.2, 0.25) is 0 Å². The Balaban J connectivity index is 1.23. The van der Waals surface area contributed by atoms with Gasteiger partial charge in [0.15, 0.2) is 0 Å². The van der Waals surface area contributed by atoms with Crippen LogP contribution in [0.2, 0.25) is 0 Å². The van der Waals surface area contributed by atoms with E-state index in [2.05, 4.69) is 23.5 Å². The van der Waals surface area contributed by atoms with Crippen molar-refractivity contribution in [2.24, 2.45) is 11.8 Å². The maximum absolute atomic E-state index is 12.1. The number of carbonyl (C=O) groups excluding carboxylic acids is 1. The van der Waals surface area contributed by atoms with Crippen molar-refractivity contribution in [1.82, 2.24) is 0 Å². The lowest BCUT2D eigenvalue weighted by molar-refractivity contribution is -0.151. The zero-order valence-corrected chi connectivity index (χ0v) is 12.2. The molecule has 0 aromatic rings. The number of thioether (sulfide) groups is 2. The lowest BCUT2D eigenvalue weighted by atomic mass is 9.87. The number of hydrogen-bond donors (Lipinski definition) is 0. The van der Waals surface area contributed by atoms with E-state index in [1.165, 1.54) is 25.7 Å². The molecule has 5 unspecified atom stereocenters. The van der Waals surface area contributed by atoms with Crippen molar-refractivity contribution in [1.29, 1.82) is 0 Å². The Morgan fingerprint density at radius 1 is 1.00 bits per heavy atom. The molecule has 2 aliphatic carbocycles. The van der Waals surface area contributed by atoms with Crippen LogP contribution in [0, 0.1) is 11.8 Å². The number of esters is 1. The zero-order chi connectivity index (χ0) is 12.1. The predicted octanol–water partition coefficient (Wildman–Crippen LogP) is 3.10. The number of rotatable bonds is 3. The molecule has 5 atom stereocenters. The van der Waals surface area contributed by atoms with Gasteiger partial charge in [-0.25, -0.2) is 0 Å². The Labute approximate surface area is 117 Å². The maximum atomic E-state index is 12.1. The Morgan fingerprint density at radius 2 is 1.78 bits per heavy atom. The lowest BCUT2D eigenvalue weighted by Gasteiger charge is -2.44. The second-order valence-electron chi connectivity index (χ2n) is 6.31.